The smallest absolute Gasteiger partial charge is 0.200 e. The summed E-state index contributed by atoms with van der Waals surface area (Å²) in [6.07, 6.45) is 1.48. The van der Waals surface area contributed by atoms with Crippen LogP contribution in [0.3, 0.4) is 0 Å². The van der Waals surface area contributed by atoms with E-state index in [2.05, 4.69) is 32.6 Å². The first-order chi connectivity index (χ1) is 15.3. The molecule has 0 unspecified atom stereocenters. The maximum Gasteiger partial charge on any atom is 0.200 e. The molecule has 3 aromatic rings. The van der Waals surface area contributed by atoms with Crippen LogP contribution in [0.5, 0.6) is 17.2 Å². The molecule has 2 aromatic carbocycles. The third kappa shape index (κ3) is 4.60. The van der Waals surface area contributed by atoms with Gasteiger partial charge < -0.3 is 19.0 Å². The maximum atomic E-state index is 13.4. The molecule has 170 valence electrons. The number of phenols is 1. The fourth-order valence-electron chi connectivity index (χ4n) is 4.27. The Labute approximate surface area is 188 Å². The Kier molecular flexibility index (Phi) is 6.42. The van der Waals surface area contributed by atoms with Crippen molar-refractivity contribution < 1.29 is 19.0 Å². The first-order valence-corrected chi connectivity index (χ1v) is 11.2. The SMILES string of the molecule is CC(C)CN(Cc1c(O)ccc2c(=O)c(-c3ccc4c(c3)OCCO4)coc12)CC(C)C. The number of phenolic OH excluding ortho intramolecular Hbond substituents is 1. The normalized spacial score (nSPS) is 13.5. The van der Waals surface area contributed by atoms with E-state index in [4.69, 9.17) is 13.9 Å². The summed E-state index contributed by atoms with van der Waals surface area (Å²) < 4.78 is 17.2. The Balaban J connectivity index is 1.75. The highest BCUT2D eigenvalue weighted by Gasteiger charge is 2.20. The highest BCUT2D eigenvalue weighted by Crippen LogP contribution is 2.35. The summed E-state index contributed by atoms with van der Waals surface area (Å²) in [5, 5.41) is 11.1. The van der Waals surface area contributed by atoms with Crippen LogP contribution in [0.1, 0.15) is 33.3 Å². The second kappa shape index (κ2) is 9.25. The largest absolute Gasteiger partial charge is 0.507 e. The maximum absolute atomic E-state index is 13.4. The summed E-state index contributed by atoms with van der Waals surface area (Å²) in [5.74, 6) is 2.41. The Morgan fingerprint density at radius 2 is 1.66 bits per heavy atom. The minimum absolute atomic E-state index is 0.136. The average molecular weight is 438 g/mol. The Morgan fingerprint density at radius 3 is 2.34 bits per heavy atom. The first kappa shape index (κ1) is 22.2. The molecule has 2 heterocycles. The number of nitrogens with zero attached hydrogens (tertiary/aromatic N) is 1. The molecule has 0 saturated heterocycles. The Bertz CT molecular complexity index is 1150. The van der Waals surface area contributed by atoms with Crippen molar-refractivity contribution in [3.63, 3.8) is 0 Å². The van der Waals surface area contributed by atoms with Gasteiger partial charge in [-0.25, -0.2) is 0 Å². The van der Waals surface area contributed by atoms with Crippen molar-refractivity contribution in [1.82, 2.24) is 4.90 Å². The van der Waals surface area contributed by atoms with Crippen LogP contribution >= 0.6 is 0 Å². The van der Waals surface area contributed by atoms with E-state index < -0.39 is 0 Å². The number of benzene rings is 2. The molecule has 1 aliphatic heterocycles. The lowest BCUT2D eigenvalue weighted by Crippen LogP contribution is -2.31. The van der Waals surface area contributed by atoms with E-state index >= 15 is 0 Å². The monoisotopic (exact) mass is 437 g/mol. The van der Waals surface area contributed by atoms with Gasteiger partial charge in [-0.2, -0.15) is 0 Å². The van der Waals surface area contributed by atoms with Gasteiger partial charge in [0.1, 0.15) is 30.8 Å². The quantitative estimate of drug-likeness (QED) is 0.558. The van der Waals surface area contributed by atoms with E-state index in [9.17, 15) is 9.90 Å². The second-order valence-electron chi connectivity index (χ2n) is 9.26. The highest BCUT2D eigenvalue weighted by molar-refractivity contribution is 5.86. The van der Waals surface area contributed by atoms with Crippen LogP contribution in [0.2, 0.25) is 0 Å². The first-order valence-electron chi connectivity index (χ1n) is 11.2. The molecular weight excluding hydrogens is 406 g/mol. The molecule has 1 aliphatic rings. The molecule has 1 N–H and O–H groups in total. The van der Waals surface area contributed by atoms with Crippen molar-refractivity contribution in [3.8, 4) is 28.4 Å². The van der Waals surface area contributed by atoms with Gasteiger partial charge in [-0.1, -0.05) is 33.8 Å². The van der Waals surface area contributed by atoms with Crippen LogP contribution in [0.25, 0.3) is 22.1 Å². The van der Waals surface area contributed by atoms with Crippen molar-refractivity contribution in [2.45, 2.75) is 34.2 Å². The van der Waals surface area contributed by atoms with Crippen molar-refractivity contribution >= 4 is 11.0 Å². The summed E-state index contributed by atoms with van der Waals surface area (Å²) in [4.78, 5) is 15.7. The van der Waals surface area contributed by atoms with Crippen molar-refractivity contribution in [2.24, 2.45) is 11.8 Å². The lowest BCUT2D eigenvalue weighted by Gasteiger charge is -2.26. The second-order valence-corrected chi connectivity index (χ2v) is 9.26. The lowest BCUT2D eigenvalue weighted by atomic mass is 10.0. The number of hydrogen-bond donors (Lipinski definition) is 1. The van der Waals surface area contributed by atoms with Gasteiger partial charge in [0.05, 0.1) is 16.5 Å². The minimum atomic E-state index is -0.136. The van der Waals surface area contributed by atoms with Crippen molar-refractivity contribution in [3.05, 3.63) is 52.4 Å². The van der Waals surface area contributed by atoms with Crippen molar-refractivity contribution in [1.29, 1.82) is 0 Å². The molecule has 1 aromatic heterocycles. The fourth-order valence-corrected chi connectivity index (χ4v) is 4.27. The lowest BCUT2D eigenvalue weighted by molar-refractivity contribution is 0.171. The van der Waals surface area contributed by atoms with Gasteiger partial charge in [0.2, 0.25) is 5.43 Å². The average Bonchev–Trinajstić information content (AvgIpc) is 2.74. The third-order valence-corrected chi connectivity index (χ3v) is 5.50. The molecule has 0 atom stereocenters. The van der Waals surface area contributed by atoms with Gasteiger partial charge in [-0.05, 0) is 41.7 Å². The minimum Gasteiger partial charge on any atom is -0.507 e. The molecule has 0 fully saturated rings. The van der Waals surface area contributed by atoms with E-state index in [-0.39, 0.29) is 11.2 Å². The zero-order valence-corrected chi connectivity index (χ0v) is 19.2. The molecule has 6 heteroatoms. The molecule has 0 radical (unpaired) electrons. The topological polar surface area (TPSA) is 72.1 Å². The van der Waals surface area contributed by atoms with Crippen LogP contribution in [0.15, 0.2) is 45.8 Å². The van der Waals surface area contributed by atoms with Crippen LogP contribution in [0.4, 0.5) is 0 Å². The van der Waals surface area contributed by atoms with Gasteiger partial charge >= 0.3 is 0 Å². The Hall–Kier alpha value is -2.99. The van der Waals surface area contributed by atoms with Crippen molar-refractivity contribution in [2.75, 3.05) is 26.3 Å². The Morgan fingerprint density at radius 1 is 0.969 bits per heavy atom. The molecule has 32 heavy (non-hydrogen) atoms. The summed E-state index contributed by atoms with van der Waals surface area (Å²) in [6, 6.07) is 8.67. The van der Waals surface area contributed by atoms with E-state index in [0.717, 1.165) is 13.1 Å². The zero-order valence-electron chi connectivity index (χ0n) is 19.2. The molecule has 4 rings (SSSR count). The standard InChI is InChI=1S/C26H31NO5/c1-16(2)12-27(13-17(3)4)14-20-22(28)7-6-19-25(29)21(15-32-26(19)20)18-5-8-23-24(11-18)31-10-9-30-23/h5-8,11,15-17,28H,9-10,12-14H2,1-4H3. The summed E-state index contributed by atoms with van der Waals surface area (Å²) in [5.41, 5.74) is 2.11. The predicted molar refractivity (Wildman–Crippen MR) is 126 cm³/mol. The summed E-state index contributed by atoms with van der Waals surface area (Å²) in [6.45, 7) is 12.0. The van der Waals surface area contributed by atoms with E-state index in [0.29, 0.717) is 70.8 Å². The molecule has 0 amide bonds. The predicted octanol–water partition coefficient (Wildman–Crippen LogP) is 5.05. The van der Waals surface area contributed by atoms with Gasteiger partial charge in [0.25, 0.3) is 0 Å². The summed E-state index contributed by atoms with van der Waals surface area (Å²) >= 11 is 0. The zero-order chi connectivity index (χ0) is 22.8. The fraction of sp³-hybridized carbons (Fsp3) is 0.423. The van der Waals surface area contributed by atoms with E-state index in [1.165, 1.54) is 6.26 Å². The third-order valence-electron chi connectivity index (χ3n) is 5.50. The molecular formula is C26H31NO5. The molecule has 0 aliphatic carbocycles. The van der Waals surface area contributed by atoms with Gasteiger partial charge in [0.15, 0.2) is 11.5 Å². The number of hydrogen-bond acceptors (Lipinski definition) is 6. The van der Waals surface area contributed by atoms with Crippen LogP contribution in [0, 0.1) is 11.8 Å². The van der Waals surface area contributed by atoms with Crippen LogP contribution < -0.4 is 14.9 Å². The summed E-state index contributed by atoms with van der Waals surface area (Å²) in [7, 11) is 0. The van der Waals surface area contributed by atoms with Gasteiger partial charge in [-0.15, -0.1) is 0 Å². The number of aromatic hydroxyl groups is 1. The van der Waals surface area contributed by atoms with Crippen LogP contribution in [-0.2, 0) is 6.54 Å². The number of rotatable bonds is 7. The van der Waals surface area contributed by atoms with Gasteiger partial charge in [0, 0.05) is 19.6 Å². The van der Waals surface area contributed by atoms with E-state index in [1.54, 1.807) is 18.2 Å². The molecule has 6 nitrogen and oxygen atoms in total. The van der Waals surface area contributed by atoms with Gasteiger partial charge in [-0.3, -0.25) is 9.69 Å². The van der Waals surface area contributed by atoms with E-state index in [1.807, 2.05) is 12.1 Å². The molecule has 0 saturated carbocycles. The number of ether oxygens (including phenoxy) is 2. The molecule has 0 spiro atoms. The number of fused-ring (bicyclic) bond motifs is 2. The molecule has 0 bridgehead atoms. The highest BCUT2D eigenvalue weighted by atomic mass is 16.6. The van der Waals surface area contributed by atoms with Crippen LogP contribution in [-0.4, -0.2) is 36.3 Å².